The fourth-order valence-corrected chi connectivity index (χ4v) is 2.92. The Balaban J connectivity index is 1.69. The smallest absolute Gasteiger partial charge is 0.287 e. The molecular formula is C17H20N2O2. The number of benzene rings is 1. The molecule has 1 aliphatic rings. The van der Waals surface area contributed by atoms with Gasteiger partial charge >= 0.3 is 0 Å². The van der Waals surface area contributed by atoms with E-state index in [1.54, 1.807) is 0 Å². The lowest BCUT2D eigenvalue weighted by molar-refractivity contribution is 0.0919. The number of rotatable bonds is 3. The van der Waals surface area contributed by atoms with E-state index in [4.69, 9.17) is 4.42 Å². The maximum atomic E-state index is 12.2. The van der Waals surface area contributed by atoms with Crippen molar-refractivity contribution in [2.24, 2.45) is 0 Å². The number of carbonyl (C=O) groups is 1. The highest BCUT2D eigenvalue weighted by molar-refractivity contribution is 5.92. The summed E-state index contributed by atoms with van der Waals surface area (Å²) in [5.74, 6) is 1.03. The number of furan rings is 1. The molecule has 1 amide bonds. The minimum Gasteiger partial charge on any atom is -0.456 e. The molecule has 2 N–H and O–H groups in total. The summed E-state index contributed by atoms with van der Waals surface area (Å²) in [6.45, 7) is 5.24. The Morgan fingerprint density at radius 1 is 1.38 bits per heavy atom. The zero-order valence-corrected chi connectivity index (χ0v) is 12.4. The first kappa shape index (κ1) is 13.9. The highest BCUT2D eigenvalue weighted by atomic mass is 16.3. The first-order chi connectivity index (χ1) is 10.1. The molecule has 2 aromatic rings. The van der Waals surface area contributed by atoms with Crippen LogP contribution in [0.5, 0.6) is 0 Å². The molecule has 0 radical (unpaired) electrons. The van der Waals surface area contributed by atoms with Crippen molar-refractivity contribution in [1.29, 1.82) is 0 Å². The first-order valence-corrected chi connectivity index (χ1v) is 7.31. The van der Waals surface area contributed by atoms with E-state index in [1.807, 2.05) is 26.0 Å². The lowest BCUT2D eigenvalue weighted by Gasteiger charge is -2.27. The molecule has 4 heteroatoms. The van der Waals surface area contributed by atoms with Gasteiger partial charge in [0.15, 0.2) is 5.76 Å². The molecule has 21 heavy (non-hydrogen) atoms. The van der Waals surface area contributed by atoms with E-state index >= 15 is 0 Å². The summed E-state index contributed by atoms with van der Waals surface area (Å²) in [4.78, 5) is 12.2. The molecule has 0 bridgehead atoms. The van der Waals surface area contributed by atoms with Gasteiger partial charge in [-0.1, -0.05) is 24.3 Å². The molecule has 3 rings (SSSR count). The number of hydrogen-bond donors (Lipinski definition) is 2. The highest BCUT2D eigenvalue weighted by Crippen LogP contribution is 2.22. The third kappa shape index (κ3) is 2.85. The van der Waals surface area contributed by atoms with Crippen molar-refractivity contribution in [3.8, 4) is 0 Å². The van der Waals surface area contributed by atoms with Gasteiger partial charge in [-0.15, -0.1) is 0 Å². The summed E-state index contributed by atoms with van der Waals surface area (Å²) in [6.07, 6.45) is 1.04. The van der Waals surface area contributed by atoms with Gasteiger partial charge in [0.2, 0.25) is 0 Å². The fourth-order valence-electron chi connectivity index (χ4n) is 2.92. The Labute approximate surface area is 124 Å². The van der Waals surface area contributed by atoms with Crippen molar-refractivity contribution in [2.45, 2.75) is 26.3 Å². The predicted octanol–water partition coefficient (Wildman–Crippen LogP) is 2.51. The van der Waals surface area contributed by atoms with Crippen molar-refractivity contribution < 1.29 is 9.21 Å². The Morgan fingerprint density at radius 3 is 2.95 bits per heavy atom. The van der Waals surface area contributed by atoms with Crippen LogP contribution in [0.25, 0.3) is 0 Å². The third-order valence-corrected chi connectivity index (χ3v) is 3.93. The van der Waals surface area contributed by atoms with E-state index < -0.39 is 0 Å². The molecule has 0 fully saturated rings. The van der Waals surface area contributed by atoms with Crippen LogP contribution in [0.2, 0.25) is 0 Å². The van der Waals surface area contributed by atoms with Gasteiger partial charge in [0.05, 0.1) is 0 Å². The van der Waals surface area contributed by atoms with E-state index in [9.17, 15) is 4.79 Å². The number of hydrogen-bond acceptors (Lipinski definition) is 3. The van der Waals surface area contributed by atoms with Crippen LogP contribution in [-0.4, -0.2) is 19.0 Å². The topological polar surface area (TPSA) is 54.3 Å². The van der Waals surface area contributed by atoms with Gasteiger partial charge < -0.3 is 15.1 Å². The molecule has 1 atom stereocenters. The van der Waals surface area contributed by atoms with E-state index in [1.165, 1.54) is 11.1 Å². The highest BCUT2D eigenvalue weighted by Gasteiger charge is 2.21. The van der Waals surface area contributed by atoms with Gasteiger partial charge in [-0.05, 0) is 44.0 Å². The summed E-state index contributed by atoms with van der Waals surface area (Å²) in [5.41, 5.74) is 3.51. The second kappa shape index (κ2) is 5.74. The van der Waals surface area contributed by atoms with E-state index in [-0.39, 0.29) is 11.9 Å². The molecule has 2 heterocycles. The van der Waals surface area contributed by atoms with Crippen molar-refractivity contribution >= 4 is 5.91 Å². The number of amides is 1. The number of nitrogens with one attached hydrogen (secondary N) is 2. The van der Waals surface area contributed by atoms with Crippen LogP contribution in [0.1, 0.15) is 39.0 Å². The molecule has 0 aliphatic carbocycles. The zero-order valence-electron chi connectivity index (χ0n) is 12.4. The second-order valence-corrected chi connectivity index (χ2v) is 5.53. The largest absolute Gasteiger partial charge is 0.456 e. The minimum absolute atomic E-state index is 0.148. The quantitative estimate of drug-likeness (QED) is 0.910. The van der Waals surface area contributed by atoms with E-state index in [0.717, 1.165) is 24.3 Å². The molecule has 0 saturated carbocycles. The average molecular weight is 284 g/mol. The van der Waals surface area contributed by atoms with Crippen LogP contribution in [0.3, 0.4) is 0 Å². The Kier molecular flexibility index (Phi) is 3.80. The van der Waals surface area contributed by atoms with Crippen LogP contribution in [0.15, 0.2) is 34.7 Å². The second-order valence-electron chi connectivity index (χ2n) is 5.53. The summed E-state index contributed by atoms with van der Waals surface area (Å²) in [7, 11) is 0. The van der Waals surface area contributed by atoms with Crippen molar-refractivity contribution in [3.63, 3.8) is 0 Å². The number of aryl methyl sites for hydroxylation is 2. The van der Waals surface area contributed by atoms with Gasteiger partial charge in [-0.3, -0.25) is 4.79 Å². The van der Waals surface area contributed by atoms with E-state index in [2.05, 4.69) is 28.8 Å². The molecule has 0 spiro atoms. The van der Waals surface area contributed by atoms with Crippen LogP contribution >= 0.6 is 0 Å². The molecule has 110 valence electrons. The minimum atomic E-state index is -0.148. The van der Waals surface area contributed by atoms with Crippen LogP contribution in [0, 0.1) is 13.8 Å². The summed E-state index contributed by atoms with van der Waals surface area (Å²) >= 11 is 0. The van der Waals surface area contributed by atoms with Crippen LogP contribution in [-0.2, 0) is 6.42 Å². The molecule has 1 unspecified atom stereocenters. The van der Waals surface area contributed by atoms with Gasteiger partial charge in [0.25, 0.3) is 5.91 Å². The number of carbonyl (C=O) groups excluding carboxylic acids is 1. The molecular weight excluding hydrogens is 264 g/mol. The van der Waals surface area contributed by atoms with Crippen molar-refractivity contribution in [1.82, 2.24) is 10.6 Å². The SMILES string of the molecule is Cc1cc(C)c(C(=O)NCC2NCCc3ccccc32)o1. The Bertz CT molecular complexity index is 661. The normalized spacial score (nSPS) is 17.3. The molecule has 1 aromatic heterocycles. The first-order valence-electron chi connectivity index (χ1n) is 7.31. The maximum Gasteiger partial charge on any atom is 0.287 e. The van der Waals surface area contributed by atoms with Gasteiger partial charge in [0, 0.05) is 18.2 Å². The zero-order chi connectivity index (χ0) is 14.8. The maximum absolute atomic E-state index is 12.2. The van der Waals surface area contributed by atoms with Crippen LogP contribution in [0.4, 0.5) is 0 Å². The monoisotopic (exact) mass is 284 g/mol. The lowest BCUT2D eigenvalue weighted by Crippen LogP contribution is -2.38. The predicted molar refractivity (Wildman–Crippen MR) is 81.4 cm³/mol. The lowest BCUT2D eigenvalue weighted by atomic mass is 9.94. The van der Waals surface area contributed by atoms with Gasteiger partial charge in [-0.25, -0.2) is 0 Å². The molecule has 0 saturated heterocycles. The number of fused-ring (bicyclic) bond motifs is 1. The molecule has 1 aromatic carbocycles. The average Bonchev–Trinajstić information content (AvgIpc) is 2.83. The standard InChI is InChI=1S/C17H20N2O2/c1-11-9-12(2)21-16(11)17(20)19-10-15-14-6-4-3-5-13(14)7-8-18-15/h3-6,9,15,18H,7-8,10H2,1-2H3,(H,19,20). The third-order valence-electron chi connectivity index (χ3n) is 3.93. The summed E-state index contributed by atoms with van der Waals surface area (Å²) < 4.78 is 5.45. The molecule has 1 aliphatic heterocycles. The molecule has 4 nitrogen and oxygen atoms in total. The van der Waals surface area contributed by atoms with Crippen molar-refractivity contribution in [3.05, 3.63) is 58.5 Å². The van der Waals surface area contributed by atoms with E-state index in [0.29, 0.717) is 12.3 Å². The van der Waals surface area contributed by atoms with Gasteiger partial charge in [0.1, 0.15) is 5.76 Å². The fraction of sp³-hybridized carbons (Fsp3) is 0.353. The van der Waals surface area contributed by atoms with Gasteiger partial charge in [-0.2, -0.15) is 0 Å². The Hall–Kier alpha value is -2.07. The Morgan fingerprint density at radius 2 is 2.19 bits per heavy atom. The van der Waals surface area contributed by atoms with Crippen molar-refractivity contribution in [2.75, 3.05) is 13.1 Å². The summed E-state index contributed by atoms with van der Waals surface area (Å²) in [5, 5.41) is 6.43. The van der Waals surface area contributed by atoms with Crippen LogP contribution < -0.4 is 10.6 Å². The summed E-state index contributed by atoms with van der Waals surface area (Å²) in [6, 6.07) is 10.4.